The topological polar surface area (TPSA) is 72.5 Å². The van der Waals surface area contributed by atoms with Crippen LogP contribution >= 0.6 is 0 Å². The van der Waals surface area contributed by atoms with Gasteiger partial charge in [0.2, 0.25) is 0 Å². The normalized spacial score (nSPS) is 19.7. The Morgan fingerprint density at radius 3 is 1.95 bits per heavy atom. The van der Waals surface area contributed by atoms with Crippen molar-refractivity contribution < 1.29 is 43.7 Å². The van der Waals surface area contributed by atoms with Crippen molar-refractivity contribution in [3.8, 4) is 0 Å². The van der Waals surface area contributed by atoms with Crippen LogP contribution in [-0.4, -0.2) is 38.2 Å². The molecule has 0 aromatic heterocycles. The van der Waals surface area contributed by atoms with Crippen LogP contribution in [0.15, 0.2) is 0 Å². The lowest BCUT2D eigenvalue weighted by Crippen LogP contribution is -2.57. The zero-order valence-electron chi connectivity index (χ0n) is 11.1. The maximum absolute atomic E-state index is 12.3. The summed E-state index contributed by atoms with van der Waals surface area (Å²) in [7, 11) is -5.94. The fourth-order valence-corrected chi connectivity index (χ4v) is 2.62. The molecular weight excluding hydrogens is 344 g/mol. The van der Waals surface area contributed by atoms with Gasteiger partial charge >= 0.3 is 27.7 Å². The smallest absolute Gasteiger partial charge is 0.340 e. The Balaban J connectivity index is 2.88. The second kappa shape index (κ2) is 6.22. The summed E-state index contributed by atoms with van der Waals surface area (Å²) in [5.41, 5.74) is -7.47. The lowest BCUT2D eigenvalue weighted by atomic mass is 9.82. The summed E-state index contributed by atoms with van der Waals surface area (Å²) in [5.74, 6) is -2.34. The van der Waals surface area contributed by atoms with Gasteiger partial charge in [0.15, 0.2) is 0 Å². The van der Waals surface area contributed by atoms with Crippen LogP contribution in [0.5, 0.6) is 0 Å². The second-order valence-electron chi connectivity index (χ2n) is 4.95. The van der Waals surface area contributed by atoms with Crippen LogP contribution in [0.1, 0.15) is 32.1 Å². The van der Waals surface area contributed by atoms with E-state index in [9.17, 15) is 39.6 Å². The third kappa shape index (κ3) is 4.73. The molecule has 0 spiro atoms. The van der Waals surface area contributed by atoms with E-state index >= 15 is 0 Å². The minimum absolute atomic E-state index is 0.109. The monoisotopic (exact) mass is 357 g/mol. The van der Waals surface area contributed by atoms with Gasteiger partial charge in [0.1, 0.15) is 0 Å². The van der Waals surface area contributed by atoms with Crippen LogP contribution in [0.25, 0.3) is 0 Å². The molecule has 130 valence electrons. The highest BCUT2D eigenvalue weighted by molar-refractivity contribution is 7.87. The minimum atomic E-state index is -5.94. The average Bonchev–Trinajstić information content (AvgIpc) is 2.35. The average molecular weight is 357 g/mol. The van der Waals surface area contributed by atoms with Crippen LogP contribution in [-0.2, 0) is 19.1 Å². The van der Waals surface area contributed by atoms with Crippen molar-refractivity contribution in [3.63, 3.8) is 0 Å². The first-order valence-electron chi connectivity index (χ1n) is 6.14. The SMILES string of the molecule is O=C(NC1(COS(=O)(=O)C(F)(F)F)CCCCC1)C(F)(F)F. The zero-order chi connectivity index (χ0) is 17.2. The van der Waals surface area contributed by atoms with Crippen molar-refractivity contribution >= 4 is 16.0 Å². The molecule has 1 rings (SSSR count). The van der Waals surface area contributed by atoms with Gasteiger partial charge in [0, 0.05) is 0 Å². The summed E-state index contributed by atoms with van der Waals surface area (Å²) in [5, 5.41) is 1.58. The largest absolute Gasteiger partial charge is 0.523 e. The molecule has 0 aromatic carbocycles. The second-order valence-corrected chi connectivity index (χ2v) is 6.56. The van der Waals surface area contributed by atoms with Crippen LogP contribution in [0, 0.1) is 0 Å². The fourth-order valence-electron chi connectivity index (χ4n) is 2.10. The number of carbonyl (C=O) groups excluding carboxylic acids is 1. The van der Waals surface area contributed by atoms with E-state index in [1.165, 1.54) is 0 Å². The number of carbonyl (C=O) groups is 1. The first-order valence-corrected chi connectivity index (χ1v) is 7.55. The molecule has 1 aliphatic carbocycles. The quantitative estimate of drug-likeness (QED) is 0.476. The van der Waals surface area contributed by atoms with E-state index in [0.717, 1.165) is 0 Å². The summed E-state index contributed by atoms with van der Waals surface area (Å²) in [6, 6.07) is 0. The van der Waals surface area contributed by atoms with E-state index < -0.39 is 39.9 Å². The van der Waals surface area contributed by atoms with E-state index in [0.29, 0.717) is 19.3 Å². The van der Waals surface area contributed by atoms with Crippen molar-refractivity contribution in [1.82, 2.24) is 5.32 Å². The molecule has 0 bridgehead atoms. The maximum atomic E-state index is 12.3. The van der Waals surface area contributed by atoms with Gasteiger partial charge in [-0.15, -0.1) is 0 Å². The van der Waals surface area contributed by atoms with Gasteiger partial charge in [-0.25, -0.2) is 0 Å². The molecule has 0 radical (unpaired) electrons. The highest BCUT2D eigenvalue weighted by atomic mass is 32.2. The number of rotatable bonds is 4. The van der Waals surface area contributed by atoms with Gasteiger partial charge in [-0.3, -0.25) is 8.98 Å². The summed E-state index contributed by atoms with van der Waals surface area (Å²) in [4.78, 5) is 11.0. The molecule has 0 aromatic rings. The van der Waals surface area contributed by atoms with Crippen LogP contribution in [0.3, 0.4) is 0 Å². The molecule has 1 aliphatic rings. The Morgan fingerprint density at radius 1 is 1.05 bits per heavy atom. The number of hydrogen-bond acceptors (Lipinski definition) is 4. The van der Waals surface area contributed by atoms with Gasteiger partial charge in [0.25, 0.3) is 0 Å². The lowest BCUT2D eigenvalue weighted by Gasteiger charge is -2.37. The molecule has 0 saturated heterocycles. The number of alkyl halides is 6. The molecule has 1 saturated carbocycles. The molecule has 12 heteroatoms. The Labute approximate surface area is 122 Å². The minimum Gasteiger partial charge on any atom is -0.340 e. The number of nitrogens with one attached hydrogen (secondary N) is 1. The first kappa shape index (κ1) is 19.0. The molecular formula is C10H13F6NO4S. The van der Waals surface area contributed by atoms with Crippen molar-refractivity contribution in [1.29, 1.82) is 0 Å². The Hall–Kier alpha value is -1.04. The lowest BCUT2D eigenvalue weighted by molar-refractivity contribution is -0.176. The van der Waals surface area contributed by atoms with Crippen LogP contribution in [0.2, 0.25) is 0 Å². The highest BCUT2D eigenvalue weighted by Gasteiger charge is 2.50. The number of hydrogen-bond donors (Lipinski definition) is 1. The van der Waals surface area contributed by atoms with Crippen molar-refractivity contribution in [2.45, 2.75) is 49.3 Å². The van der Waals surface area contributed by atoms with E-state index in [2.05, 4.69) is 4.18 Å². The number of amides is 1. The van der Waals surface area contributed by atoms with E-state index in [-0.39, 0.29) is 12.8 Å². The summed E-state index contributed by atoms with van der Waals surface area (Å²) in [6.45, 7) is -1.20. The Kier molecular flexibility index (Phi) is 5.38. The third-order valence-corrected chi connectivity index (χ3v) is 4.22. The van der Waals surface area contributed by atoms with Gasteiger partial charge < -0.3 is 5.32 Å². The van der Waals surface area contributed by atoms with Gasteiger partial charge in [-0.2, -0.15) is 34.8 Å². The molecule has 1 amide bonds. The van der Waals surface area contributed by atoms with E-state index in [4.69, 9.17) is 0 Å². The van der Waals surface area contributed by atoms with Crippen molar-refractivity contribution in [2.75, 3.05) is 6.61 Å². The van der Waals surface area contributed by atoms with Gasteiger partial charge in [-0.05, 0) is 12.8 Å². The molecule has 0 atom stereocenters. The zero-order valence-corrected chi connectivity index (χ0v) is 11.9. The van der Waals surface area contributed by atoms with Gasteiger partial charge in [0.05, 0.1) is 12.1 Å². The fraction of sp³-hybridized carbons (Fsp3) is 0.900. The Bertz CT molecular complexity index is 506. The van der Waals surface area contributed by atoms with Crippen LogP contribution in [0.4, 0.5) is 26.3 Å². The first-order chi connectivity index (χ1) is 9.79. The van der Waals surface area contributed by atoms with Crippen LogP contribution < -0.4 is 5.32 Å². The standard InChI is InChI=1S/C10H13F6NO4S/c11-9(12,13)7(18)17-8(4-2-1-3-5-8)6-21-22(19,20)10(14,15)16/h1-6H2,(H,17,18). The van der Waals surface area contributed by atoms with E-state index in [1.54, 1.807) is 5.32 Å². The molecule has 0 heterocycles. The third-order valence-electron chi connectivity index (χ3n) is 3.22. The molecule has 1 N–H and O–H groups in total. The summed E-state index contributed by atoms with van der Waals surface area (Å²) in [6.07, 6.45) is -4.19. The van der Waals surface area contributed by atoms with Crippen molar-refractivity contribution in [3.05, 3.63) is 0 Å². The highest BCUT2D eigenvalue weighted by Crippen LogP contribution is 2.32. The molecule has 22 heavy (non-hydrogen) atoms. The molecule has 1 fully saturated rings. The summed E-state index contributed by atoms with van der Waals surface area (Å²) >= 11 is 0. The van der Waals surface area contributed by atoms with Crippen molar-refractivity contribution in [2.24, 2.45) is 0 Å². The molecule has 5 nitrogen and oxygen atoms in total. The Morgan fingerprint density at radius 2 is 1.55 bits per heavy atom. The predicted molar refractivity (Wildman–Crippen MR) is 60.9 cm³/mol. The molecule has 0 aliphatic heterocycles. The number of halogens is 6. The predicted octanol–water partition coefficient (Wildman–Crippen LogP) is 2.23. The van der Waals surface area contributed by atoms with E-state index in [1.807, 2.05) is 0 Å². The van der Waals surface area contributed by atoms with Gasteiger partial charge in [-0.1, -0.05) is 19.3 Å². The molecule has 0 unspecified atom stereocenters. The summed E-state index contributed by atoms with van der Waals surface area (Å²) < 4.78 is 98.9. The maximum Gasteiger partial charge on any atom is 0.523 e.